The van der Waals surface area contributed by atoms with Crippen LogP contribution in [0.4, 0.5) is 14.6 Å². The van der Waals surface area contributed by atoms with Crippen molar-refractivity contribution in [1.29, 1.82) is 0 Å². The Labute approximate surface area is 152 Å². The summed E-state index contributed by atoms with van der Waals surface area (Å²) in [6.07, 6.45) is 3.20. The molecule has 1 aromatic heterocycles. The number of ether oxygens (including phenoxy) is 2. The van der Waals surface area contributed by atoms with Crippen LogP contribution in [0.5, 0.6) is 11.5 Å². The number of anilines is 1. The monoisotopic (exact) mass is 378 g/mol. The molecule has 1 aliphatic carbocycles. The van der Waals surface area contributed by atoms with E-state index in [0.717, 1.165) is 12.8 Å². The van der Waals surface area contributed by atoms with Crippen molar-refractivity contribution in [2.24, 2.45) is 5.92 Å². The maximum Gasteiger partial charge on any atom is 0.586 e. The summed E-state index contributed by atoms with van der Waals surface area (Å²) in [7, 11) is 0. The maximum atomic E-state index is 13.2. The van der Waals surface area contributed by atoms with Crippen LogP contribution in [0, 0.1) is 5.92 Å². The molecular formula is C18H13ClF2N2O3. The molecule has 2 aromatic rings. The molecule has 5 nitrogen and oxygen atoms in total. The summed E-state index contributed by atoms with van der Waals surface area (Å²) in [4.78, 5) is 16.3. The van der Waals surface area contributed by atoms with Crippen molar-refractivity contribution in [2.45, 2.75) is 19.1 Å². The highest BCUT2D eigenvalue weighted by Gasteiger charge is 2.43. The van der Waals surface area contributed by atoms with E-state index in [0.29, 0.717) is 16.9 Å². The zero-order valence-corrected chi connectivity index (χ0v) is 14.1. The molecule has 2 aliphatic rings. The third-order valence-corrected chi connectivity index (χ3v) is 4.51. The number of halogens is 3. The molecule has 2 heterocycles. The van der Waals surface area contributed by atoms with Gasteiger partial charge in [-0.3, -0.25) is 4.79 Å². The van der Waals surface area contributed by atoms with Crippen molar-refractivity contribution in [3.05, 3.63) is 47.6 Å². The van der Waals surface area contributed by atoms with Crippen molar-refractivity contribution >= 4 is 23.3 Å². The van der Waals surface area contributed by atoms with Crippen LogP contribution in [0.2, 0.25) is 5.02 Å². The Bertz CT molecular complexity index is 892. The predicted octanol–water partition coefficient (Wildman–Crippen LogP) is 4.63. The third-order valence-electron chi connectivity index (χ3n) is 4.20. The van der Waals surface area contributed by atoms with Gasteiger partial charge in [0.2, 0.25) is 5.91 Å². The van der Waals surface area contributed by atoms with Crippen LogP contribution in [0.25, 0.3) is 11.1 Å². The van der Waals surface area contributed by atoms with Crippen LogP contribution in [0.3, 0.4) is 0 Å². The van der Waals surface area contributed by atoms with Crippen molar-refractivity contribution in [2.75, 3.05) is 5.32 Å². The smallest absolute Gasteiger partial charge is 0.395 e. The number of carbonyl (C=O) groups is 1. The number of amides is 1. The first-order valence-electron chi connectivity index (χ1n) is 7.93. The minimum absolute atomic E-state index is 0.0681. The van der Waals surface area contributed by atoms with Gasteiger partial charge in [0.1, 0.15) is 5.82 Å². The quantitative estimate of drug-likeness (QED) is 0.791. The Morgan fingerprint density at radius 3 is 2.54 bits per heavy atom. The molecule has 0 saturated heterocycles. The van der Waals surface area contributed by atoms with Gasteiger partial charge in [0.05, 0.1) is 5.02 Å². The molecule has 0 atom stereocenters. The molecule has 1 aliphatic heterocycles. The number of pyridine rings is 1. The highest BCUT2D eigenvalue weighted by atomic mass is 35.5. The van der Waals surface area contributed by atoms with E-state index in [1.54, 1.807) is 12.1 Å². The van der Waals surface area contributed by atoms with Gasteiger partial charge in [-0.1, -0.05) is 23.8 Å². The molecule has 0 bridgehead atoms. The second kappa shape index (κ2) is 6.25. The summed E-state index contributed by atoms with van der Waals surface area (Å²) in [5, 5.41) is 2.99. The van der Waals surface area contributed by atoms with E-state index in [-0.39, 0.29) is 28.3 Å². The Kier molecular flexibility index (Phi) is 4.03. The van der Waals surface area contributed by atoms with Crippen LogP contribution in [-0.2, 0) is 4.79 Å². The average molecular weight is 379 g/mol. The van der Waals surface area contributed by atoms with Crippen molar-refractivity contribution < 1.29 is 23.0 Å². The lowest BCUT2D eigenvalue weighted by atomic mass is 10.1. The van der Waals surface area contributed by atoms with Gasteiger partial charge in [-0.05, 0) is 31.0 Å². The predicted molar refractivity (Wildman–Crippen MR) is 91.4 cm³/mol. The molecule has 4 rings (SSSR count). The first-order chi connectivity index (χ1) is 12.4. The summed E-state index contributed by atoms with van der Waals surface area (Å²) < 4.78 is 35.1. The van der Waals surface area contributed by atoms with Gasteiger partial charge < -0.3 is 14.8 Å². The van der Waals surface area contributed by atoms with E-state index in [1.807, 2.05) is 12.2 Å². The van der Waals surface area contributed by atoms with Crippen molar-refractivity contribution in [3.63, 3.8) is 0 Å². The second-order valence-corrected chi connectivity index (χ2v) is 6.41. The van der Waals surface area contributed by atoms with E-state index in [1.165, 1.54) is 18.3 Å². The Morgan fingerprint density at radius 1 is 1.19 bits per heavy atom. The first-order valence-corrected chi connectivity index (χ1v) is 8.31. The topological polar surface area (TPSA) is 60.5 Å². The highest BCUT2D eigenvalue weighted by Crippen LogP contribution is 2.46. The van der Waals surface area contributed by atoms with Crippen LogP contribution in [-0.4, -0.2) is 17.2 Å². The molecule has 26 heavy (non-hydrogen) atoms. The number of nitrogens with one attached hydrogen (secondary N) is 1. The minimum Gasteiger partial charge on any atom is -0.395 e. The average Bonchev–Trinajstić information content (AvgIpc) is 3.21. The number of hydrogen-bond acceptors (Lipinski definition) is 4. The summed E-state index contributed by atoms with van der Waals surface area (Å²) in [6, 6.07) is 5.97. The molecule has 0 radical (unpaired) electrons. The molecule has 0 unspecified atom stereocenters. The Hall–Kier alpha value is -2.67. The van der Waals surface area contributed by atoms with Gasteiger partial charge in [-0.25, -0.2) is 4.98 Å². The van der Waals surface area contributed by atoms with Crippen LogP contribution < -0.4 is 14.8 Å². The Balaban J connectivity index is 1.53. The van der Waals surface area contributed by atoms with Gasteiger partial charge in [0.25, 0.3) is 0 Å². The van der Waals surface area contributed by atoms with Crippen molar-refractivity contribution in [1.82, 2.24) is 4.98 Å². The number of aromatic nitrogens is 1. The number of fused-ring (bicyclic) bond motifs is 1. The highest BCUT2D eigenvalue weighted by molar-refractivity contribution is 6.33. The summed E-state index contributed by atoms with van der Waals surface area (Å²) in [5.41, 5.74) is 1.06. The number of benzene rings is 1. The number of rotatable bonds is 3. The second-order valence-electron chi connectivity index (χ2n) is 6.01. The Morgan fingerprint density at radius 2 is 1.88 bits per heavy atom. The SMILES string of the molecule is O=C(Nc1ccc(-c2cc3c(cc2Cl)OC(F)(F)O3)cn1)C1CC=CC1. The lowest BCUT2D eigenvalue weighted by molar-refractivity contribution is -0.286. The molecule has 0 spiro atoms. The molecule has 0 fully saturated rings. The number of allylic oxidation sites excluding steroid dienone is 2. The van der Waals surface area contributed by atoms with E-state index < -0.39 is 6.29 Å². The standard InChI is InChI=1S/C18H13ClF2N2O3/c19-13-8-15-14(25-18(20,21)26-15)7-12(13)11-5-6-16(22-9-11)23-17(24)10-3-1-2-4-10/h1-2,5-10H,3-4H2,(H,22,23,24). The van der Waals surface area contributed by atoms with E-state index in [4.69, 9.17) is 11.6 Å². The van der Waals surface area contributed by atoms with E-state index in [2.05, 4.69) is 19.8 Å². The lowest BCUT2D eigenvalue weighted by Crippen LogP contribution is -2.25. The first kappa shape index (κ1) is 16.8. The van der Waals surface area contributed by atoms with Gasteiger partial charge in [-0.2, -0.15) is 0 Å². The molecule has 134 valence electrons. The molecular weight excluding hydrogens is 366 g/mol. The number of carbonyl (C=O) groups excluding carboxylic acids is 1. The summed E-state index contributed by atoms with van der Waals surface area (Å²) in [5.74, 6) is 0.0420. The van der Waals surface area contributed by atoms with Crippen LogP contribution in [0.1, 0.15) is 12.8 Å². The molecule has 8 heteroatoms. The van der Waals surface area contributed by atoms with Crippen LogP contribution >= 0.6 is 11.6 Å². The lowest BCUT2D eigenvalue weighted by Gasteiger charge is -2.11. The maximum absolute atomic E-state index is 13.2. The molecule has 1 N–H and O–H groups in total. The van der Waals surface area contributed by atoms with Crippen LogP contribution in [0.15, 0.2) is 42.6 Å². The van der Waals surface area contributed by atoms with Gasteiger partial charge in [0, 0.05) is 29.3 Å². The van der Waals surface area contributed by atoms with Gasteiger partial charge >= 0.3 is 6.29 Å². The van der Waals surface area contributed by atoms with E-state index in [9.17, 15) is 13.6 Å². The molecule has 1 aromatic carbocycles. The summed E-state index contributed by atoms with van der Waals surface area (Å²) in [6.45, 7) is 0. The number of nitrogens with zero attached hydrogens (tertiary/aromatic N) is 1. The number of hydrogen-bond donors (Lipinski definition) is 1. The minimum atomic E-state index is -3.70. The fraction of sp³-hybridized carbons (Fsp3) is 0.222. The zero-order chi connectivity index (χ0) is 18.3. The number of alkyl halides is 2. The van der Waals surface area contributed by atoms with E-state index >= 15 is 0 Å². The normalized spacial score (nSPS) is 17.5. The zero-order valence-electron chi connectivity index (χ0n) is 13.3. The fourth-order valence-corrected chi connectivity index (χ4v) is 3.14. The third kappa shape index (κ3) is 3.22. The molecule has 1 amide bonds. The molecule has 0 saturated carbocycles. The fourth-order valence-electron chi connectivity index (χ4n) is 2.88. The van der Waals surface area contributed by atoms with Gasteiger partial charge in [0.15, 0.2) is 11.5 Å². The largest absolute Gasteiger partial charge is 0.586 e. The van der Waals surface area contributed by atoms with Gasteiger partial charge in [-0.15, -0.1) is 8.78 Å². The summed E-state index contributed by atoms with van der Waals surface area (Å²) >= 11 is 6.16. The van der Waals surface area contributed by atoms with Crippen molar-refractivity contribution in [3.8, 4) is 22.6 Å².